The molecule has 54 heavy (non-hydrogen) atoms. The van der Waals surface area contributed by atoms with Crippen LogP contribution in [0.5, 0.6) is 0 Å². The van der Waals surface area contributed by atoms with Crippen molar-refractivity contribution in [3.8, 4) is 0 Å². The van der Waals surface area contributed by atoms with E-state index in [4.69, 9.17) is 33.6 Å². The number of benzene rings is 6. The van der Waals surface area contributed by atoms with Gasteiger partial charge in [0.25, 0.3) is 0 Å². The largest absolute Gasteiger partial charge is 0 e. The molecule has 6 rings (SSSR count). The van der Waals surface area contributed by atoms with Gasteiger partial charge in [-0.1, -0.05) is 0 Å². The SMILES string of the molecule is CC(O)O.CC(O)O.[CH-]=C(C)c1ccccc1[AsH](c1ccccc1)c1ccccc1.[CH-]=C(C)c1ccccc1[AsH](c1ccccc1)c1ccccc1.[Pt].[Pt]. The number of hydrogen-bond donors (Lipinski definition) is 4. The standard InChI is InChI=1S/2C21H19As.2C2H6O2.2Pt/c2*1-17(2)20-15-9-10-16-21(20)22(18-11-5-3-6-12-18)19-13-7-4-8-14-19;2*1-2(3)4;;/h2*1,3-16,22H,2H3;2*2-4H,1H3;;/q2*-1;;;;. The summed E-state index contributed by atoms with van der Waals surface area (Å²) in [5, 5.41) is 30.4. The Labute approximate surface area is 360 Å². The van der Waals surface area contributed by atoms with Gasteiger partial charge in [0, 0.05) is 42.1 Å². The van der Waals surface area contributed by atoms with Gasteiger partial charge in [-0.3, -0.25) is 0 Å². The predicted molar refractivity (Wildman–Crippen MR) is 225 cm³/mol. The average Bonchev–Trinajstić information content (AvgIpc) is 3.14. The Morgan fingerprint density at radius 2 is 0.574 bits per heavy atom. The molecule has 4 nitrogen and oxygen atoms in total. The molecule has 0 aliphatic rings. The topological polar surface area (TPSA) is 80.9 Å². The van der Waals surface area contributed by atoms with E-state index in [1.807, 2.05) is 13.8 Å². The van der Waals surface area contributed by atoms with Gasteiger partial charge in [-0.05, 0) is 13.8 Å². The summed E-state index contributed by atoms with van der Waals surface area (Å²) in [7, 11) is 0. The molecule has 0 unspecified atom stereocenters. The zero-order valence-corrected chi connectivity index (χ0v) is 39.6. The van der Waals surface area contributed by atoms with Crippen molar-refractivity contribution in [2.45, 2.75) is 40.3 Å². The Balaban J connectivity index is 0.000000437. The average molecular weight is 1210 g/mol. The van der Waals surface area contributed by atoms with E-state index in [0.717, 1.165) is 11.1 Å². The second-order valence-corrected chi connectivity index (χ2v) is 22.2. The Hall–Kier alpha value is -2.87. The normalized spacial score (nSPS) is 10.0. The summed E-state index contributed by atoms with van der Waals surface area (Å²) in [4.78, 5) is 0. The molecule has 0 saturated carbocycles. The van der Waals surface area contributed by atoms with Gasteiger partial charge in [0.1, 0.15) is 12.6 Å². The van der Waals surface area contributed by atoms with Crippen LogP contribution in [0.1, 0.15) is 38.8 Å². The number of aliphatic hydroxyl groups is 4. The Morgan fingerprint density at radius 3 is 0.778 bits per heavy atom. The first kappa shape index (κ1) is 49.2. The van der Waals surface area contributed by atoms with Crippen LogP contribution in [0.25, 0.3) is 11.1 Å². The van der Waals surface area contributed by atoms with Crippen LogP contribution in [0.3, 0.4) is 0 Å². The van der Waals surface area contributed by atoms with E-state index in [1.165, 1.54) is 51.1 Å². The fourth-order valence-electron chi connectivity index (χ4n) is 5.46. The summed E-state index contributed by atoms with van der Waals surface area (Å²) < 4.78 is 8.62. The second-order valence-electron chi connectivity index (χ2n) is 11.9. The maximum absolute atomic E-state index is 7.61. The summed E-state index contributed by atoms with van der Waals surface area (Å²) in [6.45, 7) is 18.8. The molecule has 0 heterocycles. The van der Waals surface area contributed by atoms with Crippen molar-refractivity contribution in [1.82, 2.24) is 0 Å². The number of hydrogen-bond acceptors (Lipinski definition) is 4. The molecule has 2 radical (unpaired) electrons. The third-order valence-corrected chi connectivity index (χ3v) is 19.2. The first-order valence-corrected chi connectivity index (χ1v) is 23.4. The molecule has 0 spiro atoms. The van der Waals surface area contributed by atoms with E-state index in [1.54, 1.807) is 0 Å². The minimum absolute atomic E-state index is 0. The van der Waals surface area contributed by atoms with Crippen LogP contribution < -0.4 is 26.1 Å². The molecule has 0 fully saturated rings. The van der Waals surface area contributed by atoms with Crippen molar-refractivity contribution in [1.29, 1.82) is 0 Å². The molecule has 6 aromatic carbocycles. The van der Waals surface area contributed by atoms with Gasteiger partial charge in [0.2, 0.25) is 0 Å². The first-order valence-electron chi connectivity index (χ1n) is 17.1. The quantitative estimate of drug-likeness (QED) is 0.105. The fraction of sp³-hybridized carbons (Fsp3) is 0.130. The van der Waals surface area contributed by atoms with E-state index in [-0.39, 0.29) is 42.1 Å². The minimum Gasteiger partial charge on any atom is 0 e. The summed E-state index contributed by atoms with van der Waals surface area (Å²) in [5.41, 5.74) is 4.19. The zero-order valence-electron chi connectivity index (χ0n) is 30.9. The Morgan fingerprint density at radius 1 is 0.389 bits per heavy atom. The van der Waals surface area contributed by atoms with Gasteiger partial charge in [0.15, 0.2) is 0 Å². The van der Waals surface area contributed by atoms with Crippen LogP contribution >= 0.6 is 0 Å². The monoisotopic (exact) mass is 1210 g/mol. The van der Waals surface area contributed by atoms with E-state index >= 15 is 0 Å². The molecule has 6 aromatic rings. The van der Waals surface area contributed by atoms with Crippen molar-refractivity contribution in [2.24, 2.45) is 0 Å². The van der Waals surface area contributed by atoms with Crippen molar-refractivity contribution >= 4 is 66.6 Å². The van der Waals surface area contributed by atoms with Crippen molar-refractivity contribution in [3.05, 3.63) is 194 Å². The molecular weight excluding hydrogens is 1160 g/mol. The van der Waals surface area contributed by atoms with Crippen LogP contribution in [-0.4, -0.2) is 62.3 Å². The van der Waals surface area contributed by atoms with Gasteiger partial charge in [0.05, 0.1) is 0 Å². The molecular formula is C46H50As2O4Pt2-2. The van der Waals surface area contributed by atoms with Crippen LogP contribution in [0, 0.1) is 13.2 Å². The van der Waals surface area contributed by atoms with Gasteiger partial charge in [-0.15, -0.1) is 0 Å². The molecule has 0 saturated heterocycles. The minimum atomic E-state index is -1.84. The predicted octanol–water partition coefficient (Wildman–Crippen LogP) is 4.17. The number of rotatable bonds is 8. The Bertz CT molecular complexity index is 1700. The van der Waals surface area contributed by atoms with Gasteiger partial charge in [-0.25, -0.2) is 0 Å². The van der Waals surface area contributed by atoms with Crippen LogP contribution in [-0.2, 0) is 42.1 Å². The van der Waals surface area contributed by atoms with Gasteiger partial charge >= 0.3 is 275 Å². The van der Waals surface area contributed by atoms with E-state index in [0.29, 0.717) is 0 Å². The van der Waals surface area contributed by atoms with E-state index in [2.05, 4.69) is 170 Å². The van der Waals surface area contributed by atoms with Crippen molar-refractivity contribution in [2.75, 3.05) is 0 Å². The van der Waals surface area contributed by atoms with Crippen molar-refractivity contribution < 1.29 is 62.6 Å². The first-order chi connectivity index (χ1) is 25.0. The van der Waals surface area contributed by atoms with Crippen LogP contribution in [0.2, 0.25) is 0 Å². The number of allylic oxidation sites excluding steroid dienone is 2. The van der Waals surface area contributed by atoms with E-state index in [9.17, 15) is 0 Å². The fourth-order valence-corrected chi connectivity index (χ4v) is 17.3. The molecule has 0 atom stereocenters. The van der Waals surface area contributed by atoms with E-state index < -0.39 is 41.9 Å². The maximum Gasteiger partial charge on any atom is 0 e. The molecule has 290 valence electrons. The molecule has 0 aromatic heterocycles. The summed E-state index contributed by atoms with van der Waals surface area (Å²) in [6.07, 6.45) is -2.33. The molecule has 8 heteroatoms. The summed E-state index contributed by atoms with van der Waals surface area (Å²) in [6, 6.07) is 60.6. The van der Waals surface area contributed by atoms with Crippen molar-refractivity contribution in [3.63, 3.8) is 0 Å². The molecule has 0 aliphatic carbocycles. The third-order valence-electron chi connectivity index (χ3n) is 7.49. The summed E-state index contributed by atoms with van der Waals surface area (Å²) >= 11 is -3.69. The summed E-state index contributed by atoms with van der Waals surface area (Å²) in [5.74, 6) is 0. The molecule has 0 bridgehead atoms. The second kappa shape index (κ2) is 26.9. The maximum atomic E-state index is 7.61. The Kier molecular flexibility index (Phi) is 24.4. The van der Waals surface area contributed by atoms with Gasteiger partial charge < -0.3 is 20.4 Å². The number of aliphatic hydroxyl groups excluding tert-OH is 2. The van der Waals surface area contributed by atoms with Crippen LogP contribution in [0.15, 0.2) is 170 Å². The smallest absolute Gasteiger partial charge is 0 e. The van der Waals surface area contributed by atoms with Crippen LogP contribution in [0.4, 0.5) is 0 Å². The molecule has 0 aliphatic heterocycles. The zero-order chi connectivity index (χ0) is 37.9. The molecule has 0 amide bonds. The molecule has 4 N–H and O–H groups in total. The third kappa shape index (κ3) is 16.5. The van der Waals surface area contributed by atoms with Gasteiger partial charge in [-0.2, -0.15) is 0 Å².